The third-order valence-corrected chi connectivity index (χ3v) is 9.73. The van der Waals surface area contributed by atoms with Crippen LogP contribution in [0.1, 0.15) is 39.2 Å². The molecule has 14 heteroatoms. The van der Waals surface area contributed by atoms with Gasteiger partial charge in [0.15, 0.2) is 5.82 Å². The number of nitrogens with zero attached hydrogens (tertiary/aromatic N) is 5. The maximum atomic E-state index is 15.7. The van der Waals surface area contributed by atoms with Crippen molar-refractivity contribution in [2.45, 2.75) is 62.3 Å². The quantitative estimate of drug-likeness (QED) is 0.310. The number of nitrogens with one attached hydrogen (secondary N) is 2. The molecule has 0 bridgehead atoms. The number of hydrogen-bond acceptors (Lipinski definition) is 8. The van der Waals surface area contributed by atoms with Crippen LogP contribution in [-0.4, -0.2) is 69.1 Å². The van der Waals surface area contributed by atoms with Crippen LogP contribution in [-0.2, 0) is 12.1 Å². The molecule has 1 fully saturated rings. The van der Waals surface area contributed by atoms with E-state index in [9.17, 15) is 29.1 Å². The minimum Gasteiger partial charge on any atom is -0.465 e. The maximum absolute atomic E-state index is 15.7. The number of aromatic nitrogens is 3. The van der Waals surface area contributed by atoms with E-state index >= 15 is 4.39 Å². The molecule has 1 amide bonds. The number of amides is 1. The molecule has 2 aliphatic rings. The topological polar surface area (TPSA) is 171 Å². The van der Waals surface area contributed by atoms with Gasteiger partial charge < -0.3 is 20.3 Å². The predicted octanol–water partition coefficient (Wildman–Crippen LogP) is 4.44. The Morgan fingerprint density at radius 3 is 2.74 bits per heavy atom. The number of likely N-dealkylation sites (tertiary alicyclic amines) is 1. The molecule has 39 heavy (non-hydrogen) atoms. The summed E-state index contributed by atoms with van der Waals surface area (Å²) in [7, 11) is -3.16. The van der Waals surface area contributed by atoms with E-state index in [-0.39, 0.29) is 30.6 Å². The molecule has 5 N–H and O–H groups in total. The highest BCUT2D eigenvalue weighted by molar-refractivity contribution is 8.22. The number of benzene rings is 1. The van der Waals surface area contributed by atoms with Crippen molar-refractivity contribution in [2.75, 3.05) is 18.4 Å². The molecule has 208 valence electrons. The average Bonchev–Trinajstić information content (AvgIpc) is 3.36. The lowest BCUT2D eigenvalue weighted by Crippen LogP contribution is -2.56. The van der Waals surface area contributed by atoms with Gasteiger partial charge in [-0.3, -0.25) is 18.6 Å². The molecule has 3 aromatic rings. The smallest absolute Gasteiger partial charge is 0.407 e. The SMILES string of the molecule is CC(C)(C)N1Cc2cc(Nc3nn([C@@]4(CC#N)CCN(C(=O)O)C[C@H]4F)c4cc[nH]c(=O)c34)ccc2S1(O)O. The second kappa shape index (κ2) is 9.23. The van der Waals surface area contributed by atoms with Crippen LogP contribution < -0.4 is 10.9 Å². The first-order valence-corrected chi connectivity index (χ1v) is 13.9. The first kappa shape index (κ1) is 26.9. The van der Waals surface area contributed by atoms with Gasteiger partial charge in [0, 0.05) is 30.5 Å². The molecule has 0 saturated carbocycles. The van der Waals surface area contributed by atoms with Gasteiger partial charge in [0.2, 0.25) is 0 Å². The number of carboxylic acid groups (broad SMARTS) is 1. The Morgan fingerprint density at radius 2 is 2.10 bits per heavy atom. The number of halogens is 1. The summed E-state index contributed by atoms with van der Waals surface area (Å²) in [6.45, 7) is 5.58. The lowest BCUT2D eigenvalue weighted by Gasteiger charge is -2.44. The summed E-state index contributed by atoms with van der Waals surface area (Å²) in [5, 5.41) is 26.8. The van der Waals surface area contributed by atoms with Gasteiger partial charge in [-0.25, -0.2) is 9.18 Å². The second-order valence-corrected chi connectivity index (χ2v) is 12.8. The summed E-state index contributed by atoms with van der Waals surface area (Å²) in [6.07, 6.45) is -1.86. The molecule has 5 rings (SSSR count). The van der Waals surface area contributed by atoms with E-state index in [1.807, 2.05) is 26.8 Å². The molecule has 0 spiro atoms. The summed E-state index contributed by atoms with van der Waals surface area (Å²) < 4.78 is 40.5. The minimum atomic E-state index is -3.16. The van der Waals surface area contributed by atoms with Crippen molar-refractivity contribution in [3.8, 4) is 6.07 Å². The van der Waals surface area contributed by atoms with E-state index in [4.69, 9.17) is 0 Å². The fourth-order valence-electron chi connectivity index (χ4n) is 5.43. The lowest BCUT2D eigenvalue weighted by molar-refractivity contribution is 0.0170. The predicted molar refractivity (Wildman–Crippen MR) is 144 cm³/mol. The molecule has 2 aliphatic heterocycles. The van der Waals surface area contributed by atoms with E-state index < -0.39 is 46.2 Å². The van der Waals surface area contributed by atoms with Crippen molar-refractivity contribution in [3.63, 3.8) is 0 Å². The zero-order valence-electron chi connectivity index (χ0n) is 21.7. The van der Waals surface area contributed by atoms with Gasteiger partial charge in [-0.15, -0.1) is 10.8 Å². The molecule has 1 aromatic carbocycles. The molecule has 0 radical (unpaired) electrons. The highest BCUT2D eigenvalue weighted by atomic mass is 32.3. The van der Waals surface area contributed by atoms with Crippen molar-refractivity contribution in [1.29, 1.82) is 5.26 Å². The van der Waals surface area contributed by atoms with E-state index in [0.717, 1.165) is 4.90 Å². The summed E-state index contributed by atoms with van der Waals surface area (Å²) >= 11 is 0. The van der Waals surface area contributed by atoms with Crippen LogP contribution in [0.2, 0.25) is 0 Å². The Balaban J connectivity index is 1.57. The van der Waals surface area contributed by atoms with Gasteiger partial charge in [-0.2, -0.15) is 14.7 Å². The third-order valence-electron chi connectivity index (χ3n) is 7.45. The van der Waals surface area contributed by atoms with Crippen LogP contribution in [0.4, 0.5) is 20.7 Å². The average molecular weight is 560 g/mol. The van der Waals surface area contributed by atoms with Gasteiger partial charge in [0.25, 0.3) is 5.56 Å². The van der Waals surface area contributed by atoms with Gasteiger partial charge in [-0.1, -0.05) is 0 Å². The zero-order valence-corrected chi connectivity index (χ0v) is 22.5. The van der Waals surface area contributed by atoms with E-state index in [0.29, 0.717) is 28.2 Å². The molecule has 4 heterocycles. The fourth-order valence-corrected chi connectivity index (χ4v) is 7.48. The van der Waals surface area contributed by atoms with Crippen molar-refractivity contribution in [2.24, 2.45) is 0 Å². The Bertz CT molecular complexity index is 1560. The van der Waals surface area contributed by atoms with Crippen LogP contribution >= 0.6 is 10.8 Å². The van der Waals surface area contributed by atoms with Crippen LogP contribution in [0.5, 0.6) is 0 Å². The number of rotatable bonds is 4. The number of fused-ring (bicyclic) bond motifs is 2. The highest BCUT2D eigenvalue weighted by Gasteiger charge is 2.48. The summed E-state index contributed by atoms with van der Waals surface area (Å²) in [5.74, 6) is 0.134. The number of anilines is 2. The molecule has 2 aromatic heterocycles. The normalized spacial score (nSPS) is 23.8. The summed E-state index contributed by atoms with van der Waals surface area (Å²) in [4.78, 5) is 28.4. The zero-order chi connectivity index (χ0) is 28.3. The number of piperidine rings is 1. The largest absolute Gasteiger partial charge is 0.465 e. The Kier molecular flexibility index (Phi) is 6.38. The number of hydrogen-bond donors (Lipinski definition) is 5. The molecule has 0 aliphatic carbocycles. The number of pyridine rings is 1. The second-order valence-electron chi connectivity index (χ2n) is 10.9. The fraction of sp³-hybridized carbons (Fsp3) is 0.440. The van der Waals surface area contributed by atoms with Gasteiger partial charge >= 0.3 is 6.09 Å². The van der Waals surface area contributed by atoms with Crippen molar-refractivity contribution < 1.29 is 23.4 Å². The van der Waals surface area contributed by atoms with Crippen molar-refractivity contribution >= 4 is 39.3 Å². The molecule has 0 unspecified atom stereocenters. The first-order valence-electron chi connectivity index (χ1n) is 12.4. The number of alkyl halides is 1. The van der Waals surface area contributed by atoms with Crippen molar-refractivity contribution in [1.82, 2.24) is 24.0 Å². The van der Waals surface area contributed by atoms with Gasteiger partial charge in [0.1, 0.15) is 17.1 Å². The molecule has 12 nitrogen and oxygen atoms in total. The van der Waals surface area contributed by atoms with Crippen molar-refractivity contribution in [3.05, 3.63) is 46.4 Å². The number of H-pyrrole nitrogens is 1. The monoisotopic (exact) mass is 559 g/mol. The number of aromatic amines is 1. The maximum Gasteiger partial charge on any atom is 0.407 e. The van der Waals surface area contributed by atoms with Gasteiger partial charge in [0.05, 0.1) is 29.4 Å². The molecule has 1 saturated heterocycles. The molecule has 2 atom stereocenters. The standard InChI is InChI=1S/C25H30FN7O5S/c1-24(2,3)32-13-15-12-16(4-5-18(15)39(32,37)38)29-21-20-17(6-10-28-22(20)34)33(30-21)25(7-9-27)8-11-31(23(35)36)14-19(25)26/h4-6,10,12,19,37-38H,7-8,11,13-14H2,1-3H3,(H,28,34)(H,29,30)(H,35,36)/t19-,25+/m1/s1. The molecular weight excluding hydrogens is 529 g/mol. The third kappa shape index (κ3) is 4.31. The summed E-state index contributed by atoms with van der Waals surface area (Å²) in [5.41, 5.74) is -0.908. The van der Waals surface area contributed by atoms with E-state index in [2.05, 4.69) is 15.4 Å². The Labute approximate surface area is 225 Å². The number of nitriles is 1. The van der Waals surface area contributed by atoms with Crippen LogP contribution in [0.25, 0.3) is 10.9 Å². The minimum absolute atomic E-state index is 0.00358. The Hall–Kier alpha value is -3.64. The first-order chi connectivity index (χ1) is 18.3. The Morgan fingerprint density at radius 1 is 1.36 bits per heavy atom. The van der Waals surface area contributed by atoms with Crippen LogP contribution in [0, 0.1) is 11.3 Å². The summed E-state index contributed by atoms with van der Waals surface area (Å²) in [6, 6.07) is 8.62. The highest BCUT2D eigenvalue weighted by Crippen LogP contribution is 2.61. The van der Waals surface area contributed by atoms with Crippen LogP contribution in [0.3, 0.4) is 0 Å². The van der Waals surface area contributed by atoms with E-state index in [1.165, 1.54) is 10.9 Å². The van der Waals surface area contributed by atoms with Gasteiger partial charge in [-0.05, 0) is 57.0 Å². The molecular formula is C25H30FN7O5S. The number of carbonyl (C=O) groups is 1. The lowest BCUT2D eigenvalue weighted by atomic mass is 9.83. The van der Waals surface area contributed by atoms with E-state index in [1.54, 1.807) is 28.6 Å². The van der Waals surface area contributed by atoms with Crippen LogP contribution in [0.15, 0.2) is 40.2 Å².